The topological polar surface area (TPSA) is 53.5 Å². The van der Waals surface area contributed by atoms with Gasteiger partial charge in [-0.25, -0.2) is 14.6 Å². The third-order valence-corrected chi connectivity index (χ3v) is 11.8. The molecule has 0 aliphatic heterocycles. The molecule has 0 saturated heterocycles. The lowest BCUT2D eigenvalue weighted by Crippen LogP contribution is -2.01. The highest BCUT2D eigenvalue weighted by atomic mass is 15.3. The fourth-order valence-electron chi connectivity index (χ4n) is 9.05. The average molecular weight is 757 g/mol. The molecule has 0 radical (unpaired) electrons. The van der Waals surface area contributed by atoms with Gasteiger partial charge in [-0.1, -0.05) is 121 Å². The maximum absolute atomic E-state index is 5.13. The summed E-state index contributed by atoms with van der Waals surface area (Å²) in [6.07, 6.45) is 10.4. The van der Waals surface area contributed by atoms with E-state index in [0.717, 1.165) is 91.3 Å². The molecule has 59 heavy (non-hydrogen) atoms. The van der Waals surface area contributed by atoms with Gasteiger partial charge >= 0.3 is 0 Å². The predicted octanol–water partition coefficient (Wildman–Crippen LogP) is 13.1. The van der Waals surface area contributed by atoms with Crippen molar-refractivity contribution in [2.75, 3.05) is 0 Å². The van der Waals surface area contributed by atoms with E-state index in [4.69, 9.17) is 15.1 Å². The van der Waals surface area contributed by atoms with E-state index in [1.807, 2.05) is 12.3 Å². The molecule has 0 spiro atoms. The van der Waals surface area contributed by atoms with Crippen LogP contribution in [0.1, 0.15) is 18.7 Å². The summed E-state index contributed by atoms with van der Waals surface area (Å²) in [5.74, 6) is 0.790. The van der Waals surface area contributed by atoms with E-state index in [9.17, 15) is 0 Å². The van der Waals surface area contributed by atoms with Crippen molar-refractivity contribution in [2.45, 2.75) is 12.8 Å². The Kier molecular flexibility index (Phi) is 7.56. The Balaban J connectivity index is 0.996. The molecule has 4 heterocycles. The zero-order chi connectivity index (χ0) is 38.9. The number of hydrogen-bond acceptors (Lipinski definition) is 3. The van der Waals surface area contributed by atoms with Crippen LogP contribution in [0.25, 0.3) is 99.7 Å². The van der Waals surface area contributed by atoms with Crippen LogP contribution in [-0.2, 0) is 0 Å². The smallest absolute Gasteiger partial charge is 0.156 e. The minimum absolute atomic E-state index is 0.790. The van der Waals surface area contributed by atoms with Crippen molar-refractivity contribution in [3.63, 3.8) is 0 Å². The van der Waals surface area contributed by atoms with Gasteiger partial charge in [-0.05, 0) is 85.1 Å². The number of benzene rings is 7. The van der Waals surface area contributed by atoms with Gasteiger partial charge in [-0.2, -0.15) is 5.10 Å². The second kappa shape index (κ2) is 13.4. The van der Waals surface area contributed by atoms with Gasteiger partial charge in [-0.15, -0.1) is 0 Å². The molecular formula is C53H36N6. The summed E-state index contributed by atoms with van der Waals surface area (Å²) in [6, 6.07) is 60.4. The van der Waals surface area contributed by atoms with Crippen LogP contribution < -0.4 is 0 Å². The first kappa shape index (κ1) is 33.3. The lowest BCUT2D eigenvalue weighted by Gasteiger charge is -2.13. The maximum Gasteiger partial charge on any atom is 0.156 e. The van der Waals surface area contributed by atoms with Gasteiger partial charge in [0.25, 0.3) is 0 Å². The highest BCUT2D eigenvalue weighted by Crippen LogP contribution is 2.39. The number of hydrogen-bond donors (Lipinski definition) is 0. The number of fused-ring (bicyclic) bond motifs is 8. The van der Waals surface area contributed by atoms with Crippen LogP contribution in [0.15, 0.2) is 194 Å². The number of aromatic nitrogens is 6. The highest BCUT2D eigenvalue weighted by Gasteiger charge is 2.20. The molecule has 278 valence electrons. The fraction of sp³-hybridized carbons (Fsp3) is 0.0377. The quantitative estimate of drug-likeness (QED) is 0.170. The normalized spacial score (nSPS) is 13.0. The van der Waals surface area contributed by atoms with Crippen molar-refractivity contribution in [1.29, 1.82) is 0 Å². The summed E-state index contributed by atoms with van der Waals surface area (Å²) in [7, 11) is 0. The Morgan fingerprint density at radius 2 is 1.05 bits per heavy atom. The van der Waals surface area contributed by atoms with E-state index in [1.54, 1.807) is 0 Å². The Morgan fingerprint density at radius 3 is 1.80 bits per heavy atom. The molecule has 0 saturated carbocycles. The van der Waals surface area contributed by atoms with Gasteiger partial charge < -0.3 is 9.13 Å². The molecule has 12 rings (SSSR count). The van der Waals surface area contributed by atoms with Gasteiger partial charge in [0.15, 0.2) is 5.82 Å². The predicted molar refractivity (Wildman–Crippen MR) is 243 cm³/mol. The van der Waals surface area contributed by atoms with Gasteiger partial charge in [0.05, 0.1) is 50.9 Å². The molecule has 0 fully saturated rings. The summed E-state index contributed by atoms with van der Waals surface area (Å²) < 4.78 is 6.83. The molecule has 0 bridgehead atoms. The number of rotatable bonds is 6. The molecule has 0 N–H and O–H groups in total. The van der Waals surface area contributed by atoms with Crippen molar-refractivity contribution in [2.24, 2.45) is 0 Å². The summed E-state index contributed by atoms with van der Waals surface area (Å²) in [6.45, 7) is 0. The van der Waals surface area contributed by atoms with Crippen LogP contribution in [0.5, 0.6) is 0 Å². The lowest BCUT2D eigenvalue weighted by molar-refractivity contribution is 0.911. The summed E-state index contributed by atoms with van der Waals surface area (Å²) in [5, 5.41) is 11.0. The van der Waals surface area contributed by atoms with E-state index >= 15 is 0 Å². The minimum atomic E-state index is 0.790. The molecule has 7 aromatic carbocycles. The van der Waals surface area contributed by atoms with Crippen LogP contribution >= 0.6 is 0 Å². The first-order valence-electron chi connectivity index (χ1n) is 20.2. The maximum atomic E-state index is 5.13. The van der Waals surface area contributed by atoms with Crippen LogP contribution in [0.2, 0.25) is 0 Å². The largest absolute Gasteiger partial charge is 0.309 e. The Labute approximate surface area is 340 Å². The van der Waals surface area contributed by atoms with Crippen molar-refractivity contribution in [1.82, 2.24) is 28.9 Å². The van der Waals surface area contributed by atoms with Crippen LogP contribution in [0.3, 0.4) is 0 Å². The van der Waals surface area contributed by atoms with Crippen LogP contribution in [-0.4, -0.2) is 28.9 Å². The molecular weight excluding hydrogens is 721 g/mol. The summed E-state index contributed by atoms with van der Waals surface area (Å²) in [4.78, 5) is 10.2. The third-order valence-electron chi connectivity index (χ3n) is 11.8. The van der Waals surface area contributed by atoms with Crippen molar-refractivity contribution in [3.05, 3.63) is 200 Å². The van der Waals surface area contributed by atoms with Gasteiger partial charge in [0, 0.05) is 49.4 Å². The highest BCUT2D eigenvalue weighted by molar-refractivity contribution is 6.18. The standard InChI is InChI=1S/C53H36N6/c1-4-14-35(15-5-1)46-33-47(56-53(55-46)37-16-6-2-7-17-37)36-24-26-39(27-25-36)57-48-22-12-10-20-41(48)43-29-28-40(32-51(43)57)59-50-31-30-44-42-21-11-13-23-49(42)58(38-18-8-3-9-19-38)52(44)45(50)34-54-59/h1-6,8-16,18-34H,7,17H2. The van der Waals surface area contributed by atoms with E-state index in [2.05, 4.69) is 196 Å². The van der Waals surface area contributed by atoms with Crippen LogP contribution in [0.4, 0.5) is 0 Å². The van der Waals surface area contributed by atoms with E-state index < -0.39 is 0 Å². The number of nitrogens with zero attached hydrogens (tertiary/aromatic N) is 6. The van der Waals surface area contributed by atoms with Crippen molar-refractivity contribution >= 4 is 60.1 Å². The zero-order valence-corrected chi connectivity index (χ0v) is 32.1. The minimum Gasteiger partial charge on any atom is -0.309 e. The van der Waals surface area contributed by atoms with Gasteiger partial charge in [0.1, 0.15) is 0 Å². The SMILES string of the molecule is C1=CCCC(c2nc(-c3ccccc3)cc(-c3ccc(-n4c5ccccc5c5ccc(-n6ncc7c6ccc6c8ccccc8n(-c8ccccc8)c67)cc54)cc3)n2)=C1. The second-order valence-electron chi connectivity index (χ2n) is 15.2. The van der Waals surface area contributed by atoms with Gasteiger partial charge in [-0.3, -0.25) is 0 Å². The molecule has 0 unspecified atom stereocenters. The zero-order valence-electron chi connectivity index (χ0n) is 32.1. The van der Waals surface area contributed by atoms with Crippen molar-refractivity contribution < 1.29 is 0 Å². The fourth-order valence-corrected chi connectivity index (χ4v) is 9.05. The molecule has 4 aromatic heterocycles. The Bertz CT molecular complexity index is 3470. The third kappa shape index (κ3) is 5.37. The van der Waals surface area contributed by atoms with E-state index in [1.165, 1.54) is 27.1 Å². The van der Waals surface area contributed by atoms with E-state index in [-0.39, 0.29) is 0 Å². The number of allylic oxidation sites excluding steroid dienone is 4. The molecule has 1 aliphatic carbocycles. The lowest BCUT2D eigenvalue weighted by atomic mass is 10.0. The molecule has 11 aromatic rings. The molecule has 1 aliphatic rings. The summed E-state index contributed by atoms with van der Waals surface area (Å²) >= 11 is 0. The first-order chi connectivity index (χ1) is 29.3. The van der Waals surface area contributed by atoms with Gasteiger partial charge in [0.2, 0.25) is 0 Å². The molecule has 0 atom stereocenters. The molecule has 0 amide bonds. The average Bonchev–Trinajstić information content (AvgIpc) is 4.00. The first-order valence-corrected chi connectivity index (χ1v) is 20.2. The summed E-state index contributed by atoms with van der Waals surface area (Å²) in [5.41, 5.74) is 14.0. The monoisotopic (exact) mass is 756 g/mol. The Morgan fingerprint density at radius 1 is 0.441 bits per heavy atom. The second-order valence-corrected chi connectivity index (χ2v) is 15.2. The molecule has 6 heteroatoms. The number of para-hydroxylation sites is 3. The Hall–Kier alpha value is -7.83. The van der Waals surface area contributed by atoms with Crippen LogP contribution in [0, 0.1) is 0 Å². The van der Waals surface area contributed by atoms with E-state index in [0.29, 0.717) is 0 Å². The molecule has 6 nitrogen and oxygen atoms in total. The van der Waals surface area contributed by atoms with Crippen molar-refractivity contribution in [3.8, 4) is 39.6 Å².